The molecule has 0 amide bonds. The van der Waals surface area contributed by atoms with Crippen molar-refractivity contribution in [1.29, 1.82) is 0 Å². The van der Waals surface area contributed by atoms with Crippen LogP contribution in [0.3, 0.4) is 0 Å². The van der Waals surface area contributed by atoms with Crippen LogP contribution in [0.5, 0.6) is 0 Å². The molecule has 6 nitrogen and oxygen atoms in total. The molecule has 0 unspecified atom stereocenters. The number of ether oxygens (including phenoxy) is 2. The van der Waals surface area contributed by atoms with Gasteiger partial charge in [-0.1, -0.05) is 29.8 Å². The fraction of sp³-hybridized carbons (Fsp3) is 0.217. The topological polar surface area (TPSA) is 77.8 Å². The van der Waals surface area contributed by atoms with Crippen molar-refractivity contribution in [3.8, 4) is 11.3 Å². The van der Waals surface area contributed by atoms with Crippen LogP contribution >= 0.6 is 0 Å². The molecule has 0 aliphatic rings. The van der Waals surface area contributed by atoms with Crippen LogP contribution in [-0.4, -0.2) is 26.2 Å². The number of hydrogen-bond donors (Lipinski definition) is 1. The molecule has 0 saturated carbocycles. The van der Waals surface area contributed by atoms with E-state index < -0.39 is 11.9 Å². The monoisotopic (exact) mass is 393 g/mol. The minimum atomic E-state index is -0.538. The summed E-state index contributed by atoms with van der Waals surface area (Å²) in [6.45, 7) is 3.33. The molecule has 1 aromatic heterocycles. The number of aryl methyl sites for hydroxylation is 1. The van der Waals surface area contributed by atoms with E-state index in [0.717, 1.165) is 12.3 Å². The quantitative estimate of drug-likeness (QED) is 0.609. The molecule has 0 radical (unpaired) electrons. The lowest BCUT2D eigenvalue weighted by Crippen LogP contribution is -2.11. The Hall–Kier alpha value is -3.38. The van der Waals surface area contributed by atoms with Gasteiger partial charge in [-0.25, -0.2) is 9.59 Å². The number of rotatable bonds is 7. The molecule has 2 aromatic carbocycles. The molecule has 1 heterocycles. The number of methoxy groups -OCH3 is 2. The van der Waals surface area contributed by atoms with Gasteiger partial charge in [-0.3, -0.25) is 0 Å². The second-order valence-corrected chi connectivity index (χ2v) is 6.64. The summed E-state index contributed by atoms with van der Waals surface area (Å²) in [5.41, 5.74) is 3.51. The summed E-state index contributed by atoms with van der Waals surface area (Å²) < 4.78 is 15.4. The number of benzene rings is 2. The fourth-order valence-corrected chi connectivity index (χ4v) is 2.91. The summed E-state index contributed by atoms with van der Waals surface area (Å²) in [6.07, 6.45) is 0. The second kappa shape index (κ2) is 9.21. The first-order valence-electron chi connectivity index (χ1n) is 9.17. The molecule has 0 aliphatic carbocycles. The standard InChI is InChI=1S/C23H23NO5/c1-15-4-6-16(7-5-15)13-24-14-20-8-9-21(29-20)17-10-18(22(25)27-2)12-19(11-17)23(26)28-3/h4-12,24H,13-14H2,1-3H3. The molecule has 0 saturated heterocycles. The molecular formula is C23H23NO5. The summed E-state index contributed by atoms with van der Waals surface area (Å²) in [5, 5.41) is 3.34. The van der Waals surface area contributed by atoms with Gasteiger partial charge in [-0.05, 0) is 42.8 Å². The molecule has 0 aliphatic heterocycles. The van der Waals surface area contributed by atoms with Crippen LogP contribution in [0.2, 0.25) is 0 Å². The number of nitrogens with one attached hydrogen (secondary N) is 1. The first-order chi connectivity index (χ1) is 14.0. The van der Waals surface area contributed by atoms with E-state index in [9.17, 15) is 9.59 Å². The summed E-state index contributed by atoms with van der Waals surface area (Å²) >= 11 is 0. The predicted octanol–water partition coefficient (Wildman–Crippen LogP) is 4.12. The van der Waals surface area contributed by atoms with Crippen molar-refractivity contribution in [3.05, 3.63) is 82.6 Å². The Morgan fingerprint density at radius 2 is 1.48 bits per heavy atom. The van der Waals surface area contributed by atoms with Gasteiger partial charge < -0.3 is 19.2 Å². The average Bonchev–Trinajstić information content (AvgIpc) is 3.22. The normalized spacial score (nSPS) is 10.6. The lowest BCUT2D eigenvalue weighted by atomic mass is 10.0. The SMILES string of the molecule is COC(=O)c1cc(C(=O)OC)cc(-c2ccc(CNCc3ccc(C)cc3)o2)c1. The Bertz CT molecular complexity index is 970. The van der Waals surface area contributed by atoms with Gasteiger partial charge in [-0.15, -0.1) is 0 Å². The van der Waals surface area contributed by atoms with Gasteiger partial charge >= 0.3 is 11.9 Å². The van der Waals surface area contributed by atoms with E-state index >= 15 is 0 Å². The molecule has 0 fully saturated rings. The molecular weight excluding hydrogens is 370 g/mol. The Morgan fingerprint density at radius 1 is 0.862 bits per heavy atom. The number of furan rings is 1. The number of carbonyl (C=O) groups excluding carboxylic acids is 2. The van der Waals surface area contributed by atoms with Gasteiger partial charge in [0.15, 0.2) is 0 Å². The van der Waals surface area contributed by atoms with Crippen molar-refractivity contribution in [3.63, 3.8) is 0 Å². The molecule has 0 atom stereocenters. The zero-order valence-corrected chi connectivity index (χ0v) is 16.7. The van der Waals surface area contributed by atoms with Crippen LogP contribution in [0.4, 0.5) is 0 Å². The van der Waals surface area contributed by atoms with Gasteiger partial charge in [0.1, 0.15) is 11.5 Å². The van der Waals surface area contributed by atoms with Crippen molar-refractivity contribution in [2.75, 3.05) is 14.2 Å². The smallest absolute Gasteiger partial charge is 0.337 e. The maximum Gasteiger partial charge on any atom is 0.337 e. The van der Waals surface area contributed by atoms with E-state index in [1.165, 1.54) is 31.4 Å². The fourth-order valence-electron chi connectivity index (χ4n) is 2.91. The van der Waals surface area contributed by atoms with Gasteiger partial charge in [0.25, 0.3) is 0 Å². The third kappa shape index (κ3) is 5.12. The maximum atomic E-state index is 11.9. The zero-order chi connectivity index (χ0) is 20.8. The van der Waals surface area contributed by atoms with Crippen molar-refractivity contribution in [1.82, 2.24) is 5.32 Å². The summed E-state index contributed by atoms with van der Waals surface area (Å²) in [4.78, 5) is 23.9. The third-order valence-corrected chi connectivity index (χ3v) is 4.47. The Labute approximate surface area is 169 Å². The Morgan fingerprint density at radius 3 is 2.07 bits per heavy atom. The first kappa shape index (κ1) is 20.4. The molecule has 29 heavy (non-hydrogen) atoms. The summed E-state index contributed by atoms with van der Waals surface area (Å²) in [6, 6.07) is 16.7. The number of carbonyl (C=O) groups is 2. The van der Waals surface area contributed by atoms with Crippen LogP contribution in [0, 0.1) is 6.92 Å². The first-order valence-corrected chi connectivity index (χ1v) is 9.17. The number of hydrogen-bond acceptors (Lipinski definition) is 6. The van der Waals surface area contributed by atoms with Gasteiger partial charge in [0, 0.05) is 12.1 Å². The van der Waals surface area contributed by atoms with Gasteiger partial charge in [0.2, 0.25) is 0 Å². The highest BCUT2D eigenvalue weighted by Gasteiger charge is 2.16. The minimum absolute atomic E-state index is 0.251. The van der Waals surface area contributed by atoms with E-state index in [0.29, 0.717) is 17.9 Å². The molecule has 3 rings (SSSR count). The van der Waals surface area contributed by atoms with E-state index in [1.807, 2.05) is 6.07 Å². The Balaban J connectivity index is 1.75. The Kier molecular flexibility index (Phi) is 6.46. The van der Waals surface area contributed by atoms with Crippen LogP contribution in [0.1, 0.15) is 37.6 Å². The van der Waals surface area contributed by atoms with Crippen molar-refractivity contribution < 1.29 is 23.5 Å². The molecule has 1 N–H and O–H groups in total. The van der Waals surface area contributed by atoms with Crippen LogP contribution in [0.15, 0.2) is 59.0 Å². The highest BCUT2D eigenvalue weighted by molar-refractivity contribution is 5.97. The van der Waals surface area contributed by atoms with E-state index in [2.05, 4.69) is 36.5 Å². The average molecular weight is 393 g/mol. The van der Waals surface area contributed by atoms with Crippen LogP contribution < -0.4 is 5.32 Å². The number of esters is 2. The molecule has 3 aromatic rings. The van der Waals surface area contributed by atoms with Gasteiger partial charge in [0.05, 0.1) is 31.9 Å². The molecule has 0 bridgehead atoms. The lowest BCUT2D eigenvalue weighted by molar-refractivity contribution is 0.0599. The summed E-state index contributed by atoms with van der Waals surface area (Å²) in [7, 11) is 2.58. The highest BCUT2D eigenvalue weighted by atomic mass is 16.5. The maximum absolute atomic E-state index is 11.9. The predicted molar refractivity (Wildman–Crippen MR) is 109 cm³/mol. The third-order valence-electron chi connectivity index (χ3n) is 4.47. The molecule has 0 spiro atoms. The zero-order valence-electron chi connectivity index (χ0n) is 16.7. The van der Waals surface area contributed by atoms with Gasteiger partial charge in [-0.2, -0.15) is 0 Å². The van der Waals surface area contributed by atoms with E-state index in [4.69, 9.17) is 13.9 Å². The molecule has 6 heteroatoms. The van der Waals surface area contributed by atoms with Crippen molar-refractivity contribution in [2.24, 2.45) is 0 Å². The largest absolute Gasteiger partial charge is 0.465 e. The van der Waals surface area contributed by atoms with E-state index in [1.54, 1.807) is 18.2 Å². The van der Waals surface area contributed by atoms with E-state index in [-0.39, 0.29) is 11.1 Å². The van der Waals surface area contributed by atoms with Crippen molar-refractivity contribution >= 4 is 11.9 Å². The van der Waals surface area contributed by atoms with Crippen LogP contribution in [0.25, 0.3) is 11.3 Å². The molecule has 150 valence electrons. The van der Waals surface area contributed by atoms with Crippen molar-refractivity contribution in [2.45, 2.75) is 20.0 Å². The van der Waals surface area contributed by atoms with Crippen LogP contribution in [-0.2, 0) is 22.6 Å². The second-order valence-electron chi connectivity index (χ2n) is 6.64. The summed E-state index contributed by atoms with van der Waals surface area (Å²) in [5.74, 6) is 0.218. The highest BCUT2D eigenvalue weighted by Crippen LogP contribution is 2.26. The lowest BCUT2D eigenvalue weighted by Gasteiger charge is -2.07. The minimum Gasteiger partial charge on any atom is -0.465 e.